The fourth-order valence-corrected chi connectivity index (χ4v) is 2.13. The van der Waals surface area contributed by atoms with Crippen molar-refractivity contribution in [1.29, 1.82) is 0 Å². The third-order valence-corrected chi connectivity index (χ3v) is 3.38. The summed E-state index contributed by atoms with van der Waals surface area (Å²) in [5.74, 6) is 0. The van der Waals surface area contributed by atoms with Crippen LogP contribution in [0.4, 0.5) is 0 Å². The molecule has 86 valence electrons. The number of benzene rings is 1. The molecule has 1 unspecified atom stereocenters. The van der Waals surface area contributed by atoms with Crippen LogP contribution in [0.15, 0.2) is 30.5 Å². The second-order valence-electron chi connectivity index (χ2n) is 4.97. The van der Waals surface area contributed by atoms with Crippen LogP contribution in [0.2, 0.25) is 0 Å². The van der Waals surface area contributed by atoms with E-state index in [0.717, 1.165) is 12.8 Å². The normalized spacial score (nSPS) is 15.2. The first-order valence-corrected chi connectivity index (χ1v) is 5.85. The van der Waals surface area contributed by atoms with Gasteiger partial charge in [0.05, 0.1) is 0 Å². The van der Waals surface area contributed by atoms with E-state index in [2.05, 4.69) is 55.9 Å². The van der Waals surface area contributed by atoms with Crippen molar-refractivity contribution >= 4 is 10.9 Å². The van der Waals surface area contributed by atoms with Crippen LogP contribution in [0.25, 0.3) is 10.9 Å². The minimum atomic E-state index is -0.107. The number of nitrogens with two attached hydrogens (primary N) is 1. The lowest BCUT2D eigenvalue weighted by Crippen LogP contribution is -2.37. The van der Waals surface area contributed by atoms with Crippen molar-refractivity contribution < 1.29 is 0 Å². The summed E-state index contributed by atoms with van der Waals surface area (Å²) in [6, 6.07) is 8.49. The quantitative estimate of drug-likeness (QED) is 0.840. The maximum Gasteiger partial charge on any atom is 0.0480 e. The second-order valence-corrected chi connectivity index (χ2v) is 4.97. The SMILES string of the molecule is CCC(C)(N)Cc1cn(C)c2ccccc12. The van der Waals surface area contributed by atoms with E-state index < -0.39 is 0 Å². The maximum atomic E-state index is 6.24. The Bertz CT molecular complexity index is 494. The summed E-state index contributed by atoms with van der Waals surface area (Å²) in [6.45, 7) is 4.26. The van der Waals surface area contributed by atoms with E-state index >= 15 is 0 Å². The van der Waals surface area contributed by atoms with Crippen molar-refractivity contribution in [3.63, 3.8) is 0 Å². The summed E-state index contributed by atoms with van der Waals surface area (Å²) >= 11 is 0. The molecular weight excluding hydrogens is 196 g/mol. The van der Waals surface area contributed by atoms with Gasteiger partial charge in [-0.15, -0.1) is 0 Å². The van der Waals surface area contributed by atoms with Gasteiger partial charge in [-0.05, 0) is 31.4 Å². The Hall–Kier alpha value is -1.28. The molecule has 0 fully saturated rings. The van der Waals surface area contributed by atoms with Gasteiger partial charge in [-0.2, -0.15) is 0 Å². The van der Waals surface area contributed by atoms with Crippen molar-refractivity contribution in [3.05, 3.63) is 36.0 Å². The summed E-state index contributed by atoms with van der Waals surface area (Å²) in [5.41, 5.74) is 8.77. The van der Waals surface area contributed by atoms with Gasteiger partial charge >= 0.3 is 0 Å². The van der Waals surface area contributed by atoms with Crippen LogP contribution in [0, 0.1) is 0 Å². The number of para-hydroxylation sites is 1. The third-order valence-electron chi connectivity index (χ3n) is 3.38. The molecule has 0 amide bonds. The van der Waals surface area contributed by atoms with Crippen LogP contribution in [-0.2, 0) is 13.5 Å². The smallest absolute Gasteiger partial charge is 0.0480 e. The fourth-order valence-electron chi connectivity index (χ4n) is 2.13. The minimum absolute atomic E-state index is 0.107. The topological polar surface area (TPSA) is 30.9 Å². The van der Waals surface area contributed by atoms with E-state index in [-0.39, 0.29) is 5.54 Å². The van der Waals surface area contributed by atoms with Crippen molar-refractivity contribution in [2.75, 3.05) is 0 Å². The lowest BCUT2D eigenvalue weighted by molar-refractivity contribution is 0.451. The lowest BCUT2D eigenvalue weighted by atomic mass is 9.91. The first-order valence-electron chi connectivity index (χ1n) is 5.85. The predicted octanol–water partition coefficient (Wildman–Crippen LogP) is 2.85. The van der Waals surface area contributed by atoms with Gasteiger partial charge < -0.3 is 10.3 Å². The van der Waals surface area contributed by atoms with Gasteiger partial charge in [0.25, 0.3) is 0 Å². The molecule has 2 aromatic rings. The van der Waals surface area contributed by atoms with Gasteiger partial charge in [-0.25, -0.2) is 0 Å². The predicted molar refractivity (Wildman–Crippen MR) is 69.5 cm³/mol. The maximum absolute atomic E-state index is 6.24. The van der Waals surface area contributed by atoms with E-state index in [1.807, 2.05) is 0 Å². The Morgan fingerprint density at radius 3 is 2.69 bits per heavy atom. The summed E-state index contributed by atoms with van der Waals surface area (Å²) in [7, 11) is 2.09. The first kappa shape index (κ1) is 11.2. The molecule has 2 heteroatoms. The molecular formula is C14H20N2. The molecule has 0 aliphatic carbocycles. The number of aryl methyl sites for hydroxylation is 1. The Morgan fingerprint density at radius 1 is 1.31 bits per heavy atom. The van der Waals surface area contributed by atoms with Gasteiger partial charge in [0.15, 0.2) is 0 Å². The number of hydrogen-bond acceptors (Lipinski definition) is 1. The molecule has 0 aliphatic heterocycles. The van der Waals surface area contributed by atoms with Crippen LogP contribution < -0.4 is 5.73 Å². The Labute approximate surface area is 97.1 Å². The molecule has 1 heterocycles. The molecule has 2 nitrogen and oxygen atoms in total. The van der Waals surface area contributed by atoms with Gasteiger partial charge in [0.1, 0.15) is 0 Å². The van der Waals surface area contributed by atoms with E-state index in [9.17, 15) is 0 Å². The highest BCUT2D eigenvalue weighted by Crippen LogP contribution is 2.24. The summed E-state index contributed by atoms with van der Waals surface area (Å²) in [5, 5.41) is 1.33. The van der Waals surface area contributed by atoms with Gasteiger partial charge in [-0.1, -0.05) is 25.1 Å². The van der Waals surface area contributed by atoms with E-state index in [0.29, 0.717) is 0 Å². The summed E-state index contributed by atoms with van der Waals surface area (Å²) in [6.07, 6.45) is 4.13. The van der Waals surface area contributed by atoms with Crippen molar-refractivity contribution in [2.45, 2.75) is 32.2 Å². The number of nitrogens with zero attached hydrogens (tertiary/aromatic N) is 1. The molecule has 1 atom stereocenters. The van der Waals surface area contributed by atoms with Crippen LogP contribution in [0.1, 0.15) is 25.8 Å². The molecule has 0 saturated heterocycles. The zero-order valence-electron chi connectivity index (χ0n) is 10.3. The van der Waals surface area contributed by atoms with Crippen LogP contribution in [0.5, 0.6) is 0 Å². The van der Waals surface area contributed by atoms with Crippen LogP contribution in [-0.4, -0.2) is 10.1 Å². The molecule has 0 aliphatic rings. The molecule has 0 bridgehead atoms. The van der Waals surface area contributed by atoms with E-state index in [4.69, 9.17) is 5.73 Å². The van der Waals surface area contributed by atoms with Crippen molar-refractivity contribution in [2.24, 2.45) is 12.8 Å². The van der Waals surface area contributed by atoms with E-state index in [1.165, 1.54) is 16.5 Å². The number of aromatic nitrogens is 1. The largest absolute Gasteiger partial charge is 0.350 e. The molecule has 1 aromatic heterocycles. The molecule has 0 radical (unpaired) electrons. The standard InChI is InChI=1S/C14H20N2/c1-4-14(2,15)9-11-10-16(3)13-8-6-5-7-12(11)13/h5-8,10H,4,9,15H2,1-3H3. The Balaban J connectivity index is 2.46. The Morgan fingerprint density at radius 2 is 2.00 bits per heavy atom. The highest BCUT2D eigenvalue weighted by molar-refractivity contribution is 5.84. The molecule has 16 heavy (non-hydrogen) atoms. The number of rotatable bonds is 3. The second kappa shape index (κ2) is 3.95. The summed E-state index contributed by atoms with van der Waals surface area (Å²) in [4.78, 5) is 0. The van der Waals surface area contributed by atoms with Crippen LogP contribution >= 0.6 is 0 Å². The highest BCUT2D eigenvalue weighted by Gasteiger charge is 2.18. The average molecular weight is 216 g/mol. The molecule has 0 saturated carbocycles. The van der Waals surface area contributed by atoms with Crippen molar-refractivity contribution in [3.8, 4) is 0 Å². The third kappa shape index (κ3) is 1.98. The Kier molecular flexibility index (Phi) is 2.76. The van der Waals surface area contributed by atoms with Crippen LogP contribution in [0.3, 0.4) is 0 Å². The summed E-state index contributed by atoms with van der Waals surface area (Å²) < 4.78 is 2.18. The molecule has 2 N–H and O–H groups in total. The molecule has 2 rings (SSSR count). The van der Waals surface area contributed by atoms with E-state index in [1.54, 1.807) is 0 Å². The number of fused-ring (bicyclic) bond motifs is 1. The molecule has 1 aromatic carbocycles. The average Bonchev–Trinajstić information content (AvgIpc) is 2.56. The first-order chi connectivity index (χ1) is 7.53. The molecule has 0 spiro atoms. The van der Waals surface area contributed by atoms with Crippen molar-refractivity contribution in [1.82, 2.24) is 4.57 Å². The minimum Gasteiger partial charge on any atom is -0.350 e. The highest BCUT2D eigenvalue weighted by atomic mass is 14.9. The zero-order valence-corrected chi connectivity index (χ0v) is 10.3. The fraction of sp³-hybridized carbons (Fsp3) is 0.429. The number of hydrogen-bond donors (Lipinski definition) is 1. The lowest BCUT2D eigenvalue weighted by Gasteiger charge is -2.22. The zero-order chi connectivity index (χ0) is 11.8. The monoisotopic (exact) mass is 216 g/mol. The van der Waals surface area contributed by atoms with Gasteiger partial charge in [0.2, 0.25) is 0 Å². The van der Waals surface area contributed by atoms with Gasteiger partial charge in [-0.3, -0.25) is 0 Å². The van der Waals surface area contributed by atoms with Gasteiger partial charge in [0, 0.05) is 29.7 Å².